The van der Waals surface area contributed by atoms with Crippen molar-refractivity contribution in [1.82, 2.24) is 19.3 Å². The lowest BCUT2D eigenvalue weighted by molar-refractivity contribution is 0.102. The standard InChI is InChI=1S/C24H23N5O2S/c1-3-29-23(18-10-5-7-12-22(18)31-2)26-27-24(29)32-16-21(30)19-15-28(14-8-13-25)20-11-6-4-9-17(19)20/h4-7,9-12,15H,3,8,14,16H2,1-2H3. The van der Waals surface area contributed by atoms with Gasteiger partial charge < -0.3 is 13.9 Å². The van der Waals surface area contributed by atoms with E-state index in [1.807, 2.05) is 70.8 Å². The Hall–Kier alpha value is -3.57. The molecule has 32 heavy (non-hydrogen) atoms. The number of hydrogen-bond acceptors (Lipinski definition) is 6. The molecule has 0 unspecified atom stereocenters. The van der Waals surface area contributed by atoms with Crippen LogP contribution < -0.4 is 4.74 Å². The Bertz CT molecular complexity index is 1300. The van der Waals surface area contributed by atoms with Gasteiger partial charge in [-0.1, -0.05) is 42.1 Å². The summed E-state index contributed by atoms with van der Waals surface area (Å²) >= 11 is 1.38. The Morgan fingerprint density at radius 1 is 1.16 bits per heavy atom. The maximum absolute atomic E-state index is 13.1. The number of ether oxygens (including phenoxy) is 1. The lowest BCUT2D eigenvalue weighted by atomic mass is 10.1. The molecule has 0 fully saturated rings. The number of ketones is 1. The zero-order valence-corrected chi connectivity index (χ0v) is 18.8. The first kappa shape index (κ1) is 21.7. The van der Waals surface area contributed by atoms with Crippen molar-refractivity contribution in [3.05, 3.63) is 60.3 Å². The van der Waals surface area contributed by atoms with Crippen molar-refractivity contribution in [2.45, 2.75) is 31.6 Å². The molecule has 8 heteroatoms. The van der Waals surface area contributed by atoms with Gasteiger partial charge >= 0.3 is 0 Å². The van der Waals surface area contributed by atoms with Gasteiger partial charge in [0.1, 0.15) is 5.75 Å². The molecule has 162 valence electrons. The van der Waals surface area contributed by atoms with Crippen molar-refractivity contribution < 1.29 is 9.53 Å². The first-order valence-corrected chi connectivity index (χ1v) is 11.3. The van der Waals surface area contributed by atoms with Crippen molar-refractivity contribution in [3.63, 3.8) is 0 Å². The summed E-state index contributed by atoms with van der Waals surface area (Å²) < 4.78 is 9.44. The zero-order chi connectivity index (χ0) is 22.5. The number of nitrogens with zero attached hydrogens (tertiary/aromatic N) is 5. The maximum Gasteiger partial charge on any atom is 0.191 e. The number of carbonyl (C=O) groups excluding carboxylic acids is 1. The van der Waals surface area contributed by atoms with E-state index in [4.69, 9.17) is 10.00 Å². The summed E-state index contributed by atoms with van der Waals surface area (Å²) in [5.74, 6) is 1.71. The van der Waals surface area contributed by atoms with Crippen LogP contribution in [0.5, 0.6) is 5.75 Å². The fraction of sp³-hybridized carbons (Fsp3) is 0.250. The summed E-state index contributed by atoms with van der Waals surface area (Å²) in [6.45, 7) is 3.26. The number of nitriles is 1. The Kier molecular flexibility index (Phi) is 6.57. The van der Waals surface area contributed by atoms with E-state index in [1.54, 1.807) is 7.11 Å². The number of thioether (sulfide) groups is 1. The maximum atomic E-state index is 13.1. The van der Waals surface area contributed by atoms with Crippen molar-refractivity contribution >= 4 is 28.4 Å². The second kappa shape index (κ2) is 9.71. The summed E-state index contributed by atoms with van der Waals surface area (Å²) in [5.41, 5.74) is 2.49. The van der Waals surface area contributed by atoms with Gasteiger partial charge in [-0.25, -0.2) is 0 Å². The van der Waals surface area contributed by atoms with Gasteiger partial charge in [-0.3, -0.25) is 4.79 Å². The molecule has 0 bridgehead atoms. The molecule has 7 nitrogen and oxygen atoms in total. The van der Waals surface area contributed by atoms with Crippen molar-refractivity contribution in [2.24, 2.45) is 0 Å². The highest BCUT2D eigenvalue weighted by Crippen LogP contribution is 2.31. The highest BCUT2D eigenvalue weighted by atomic mass is 32.2. The Morgan fingerprint density at radius 3 is 2.72 bits per heavy atom. The predicted octanol–water partition coefficient (Wildman–Crippen LogP) is 4.82. The van der Waals surface area contributed by atoms with Gasteiger partial charge in [0, 0.05) is 35.8 Å². The summed E-state index contributed by atoms with van der Waals surface area (Å²) in [6.07, 6.45) is 2.25. The first-order valence-electron chi connectivity index (χ1n) is 10.3. The van der Waals surface area contributed by atoms with Crippen LogP contribution in [-0.2, 0) is 13.1 Å². The van der Waals surface area contributed by atoms with E-state index < -0.39 is 0 Å². The predicted molar refractivity (Wildman–Crippen MR) is 125 cm³/mol. The van der Waals surface area contributed by atoms with Crippen LogP contribution in [-0.4, -0.2) is 38.0 Å². The summed E-state index contributed by atoms with van der Waals surface area (Å²) in [5, 5.41) is 19.2. The minimum atomic E-state index is 0.0198. The van der Waals surface area contributed by atoms with E-state index in [0.717, 1.165) is 22.2 Å². The number of Topliss-reactive ketones (excluding diaryl/α,β-unsaturated/α-hetero) is 1. The Balaban J connectivity index is 1.58. The minimum absolute atomic E-state index is 0.0198. The van der Waals surface area contributed by atoms with Crippen LogP contribution in [0.2, 0.25) is 0 Å². The van der Waals surface area contributed by atoms with E-state index in [2.05, 4.69) is 16.3 Å². The molecule has 0 atom stereocenters. The van der Waals surface area contributed by atoms with Crippen LogP contribution in [0.1, 0.15) is 23.7 Å². The van der Waals surface area contributed by atoms with Gasteiger partial charge in [0.25, 0.3) is 0 Å². The van der Waals surface area contributed by atoms with E-state index in [0.29, 0.717) is 36.1 Å². The fourth-order valence-electron chi connectivity index (χ4n) is 3.74. The SMILES string of the molecule is CCn1c(SCC(=O)c2cn(CCC#N)c3ccccc23)nnc1-c1ccccc1OC. The second-order valence-electron chi connectivity index (χ2n) is 7.12. The van der Waals surface area contributed by atoms with Crippen molar-refractivity contribution in [1.29, 1.82) is 5.26 Å². The van der Waals surface area contributed by atoms with E-state index >= 15 is 0 Å². The highest BCUT2D eigenvalue weighted by molar-refractivity contribution is 7.99. The highest BCUT2D eigenvalue weighted by Gasteiger charge is 2.19. The van der Waals surface area contributed by atoms with E-state index in [1.165, 1.54) is 11.8 Å². The molecule has 0 radical (unpaired) electrons. The molecule has 2 aromatic carbocycles. The van der Waals surface area contributed by atoms with E-state index in [-0.39, 0.29) is 11.5 Å². The second-order valence-corrected chi connectivity index (χ2v) is 8.07. The number of aromatic nitrogens is 4. The van der Waals surface area contributed by atoms with Crippen LogP contribution in [0, 0.1) is 11.3 Å². The number of carbonyl (C=O) groups is 1. The third-order valence-corrected chi connectivity index (χ3v) is 6.23. The van der Waals surface area contributed by atoms with Gasteiger partial charge in [-0.15, -0.1) is 10.2 Å². The van der Waals surface area contributed by atoms with Crippen LogP contribution in [0.25, 0.3) is 22.3 Å². The van der Waals surface area contributed by atoms with Crippen LogP contribution in [0.15, 0.2) is 59.9 Å². The molecule has 0 aliphatic rings. The zero-order valence-electron chi connectivity index (χ0n) is 18.0. The third-order valence-electron chi connectivity index (χ3n) is 5.27. The van der Waals surface area contributed by atoms with Crippen LogP contribution >= 0.6 is 11.8 Å². The lowest BCUT2D eigenvalue weighted by Gasteiger charge is -2.10. The van der Waals surface area contributed by atoms with E-state index in [9.17, 15) is 4.79 Å². The summed E-state index contributed by atoms with van der Waals surface area (Å²) in [7, 11) is 1.63. The van der Waals surface area contributed by atoms with Crippen molar-refractivity contribution in [3.8, 4) is 23.2 Å². The fourth-order valence-corrected chi connectivity index (χ4v) is 4.63. The minimum Gasteiger partial charge on any atom is -0.496 e. The molecule has 0 aliphatic heterocycles. The van der Waals surface area contributed by atoms with Gasteiger partial charge in [0.2, 0.25) is 0 Å². The lowest BCUT2D eigenvalue weighted by Crippen LogP contribution is -2.05. The van der Waals surface area contributed by atoms with Crippen LogP contribution in [0.3, 0.4) is 0 Å². The van der Waals surface area contributed by atoms with Crippen LogP contribution in [0.4, 0.5) is 0 Å². The average molecular weight is 446 g/mol. The number of benzene rings is 2. The molecular weight excluding hydrogens is 422 g/mol. The van der Waals surface area contributed by atoms with Gasteiger partial charge in [0.15, 0.2) is 16.8 Å². The van der Waals surface area contributed by atoms with Gasteiger partial charge in [-0.05, 0) is 25.1 Å². The molecule has 0 N–H and O–H groups in total. The molecule has 2 aromatic heterocycles. The first-order chi connectivity index (χ1) is 15.7. The number of hydrogen-bond donors (Lipinski definition) is 0. The van der Waals surface area contributed by atoms with Gasteiger partial charge in [0.05, 0.1) is 30.9 Å². The Morgan fingerprint density at radius 2 is 1.94 bits per heavy atom. The number of para-hydroxylation sites is 2. The number of aryl methyl sites for hydroxylation is 1. The molecule has 0 saturated heterocycles. The molecule has 0 spiro atoms. The third kappa shape index (κ3) is 4.12. The summed E-state index contributed by atoms with van der Waals surface area (Å²) in [6, 6.07) is 17.6. The number of rotatable bonds is 9. The molecule has 4 aromatic rings. The molecular formula is C24H23N5O2S. The number of fused-ring (bicyclic) bond motifs is 1. The number of methoxy groups -OCH3 is 1. The largest absolute Gasteiger partial charge is 0.496 e. The molecule has 4 rings (SSSR count). The Labute approximate surface area is 190 Å². The quantitative estimate of drug-likeness (QED) is 0.271. The molecule has 0 amide bonds. The monoisotopic (exact) mass is 445 g/mol. The smallest absolute Gasteiger partial charge is 0.191 e. The molecule has 2 heterocycles. The normalized spacial score (nSPS) is 10.9. The molecule has 0 saturated carbocycles. The van der Waals surface area contributed by atoms with Crippen molar-refractivity contribution in [2.75, 3.05) is 12.9 Å². The topological polar surface area (TPSA) is 85.7 Å². The summed E-state index contributed by atoms with van der Waals surface area (Å²) in [4.78, 5) is 13.1. The average Bonchev–Trinajstić information content (AvgIpc) is 3.42. The van der Waals surface area contributed by atoms with Gasteiger partial charge in [-0.2, -0.15) is 5.26 Å². The molecule has 0 aliphatic carbocycles.